The van der Waals surface area contributed by atoms with E-state index in [9.17, 15) is 4.39 Å². The average molecular weight is 510 g/mol. The van der Waals surface area contributed by atoms with Crippen molar-refractivity contribution in [3.05, 3.63) is 30.1 Å². The number of nitrogens with one attached hydrogen (secondary N) is 2. The molecule has 0 saturated carbocycles. The van der Waals surface area contributed by atoms with Crippen LogP contribution < -0.4 is 15.4 Å². The highest BCUT2D eigenvalue weighted by molar-refractivity contribution is 14.0. The van der Waals surface area contributed by atoms with Crippen molar-refractivity contribution in [1.29, 1.82) is 0 Å². The van der Waals surface area contributed by atoms with Gasteiger partial charge in [-0.15, -0.1) is 24.0 Å². The first kappa shape index (κ1) is 26.9. The van der Waals surface area contributed by atoms with Crippen LogP contribution in [0.25, 0.3) is 0 Å². The molecule has 0 aliphatic rings. The zero-order chi connectivity index (χ0) is 20.1. The number of guanidine groups is 1. The van der Waals surface area contributed by atoms with Gasteiger partial charge in [-0.05, 0) is 65.6 Å². The van der Waals surface area contributed by atoms with Crippen LogP contribution in [0.5, 0.6) is 5.75 Å². The molecule has 28 heavy (non-hydrogen) atoms. The third kappa shape index (κ3) is 12.4. The third-order valence-corrected chi connectivity index (χ3v) is 3.81. The minimum atomic E-state index is -0.271. The first-order valence-electron chi connectivity index (χ1n) is 9.65. The Kier molecular flexibility index (Phi) is 15.1. The van der Waals surface area contributed by atoms with E-state index in [-0.39, 0.29) is 42.0 Å². The number of aliphatic imine (C=N–C) groups is 1. The number of nitrogens with zero attached hydrogens (tertiary/aromatic N) is 2. The first-order chi connectivity index (χ1) is 12.9. The lowest BCUT2D eigenvalue weighted by molar-refractivity contribution is 0.0582. The molecule has 0 spiro atoms. The van der Waals surface area contributed by atoms with E-state index in [0.717, 1.165) is 25.5 Å². The normalized spacial score (nSPS) is 13.6. The fourth-order valence-corrected chi connectivity index (χ4v) is 2.43. The van der Waals surface area contributed by atoms with Crippen LogP contribution in [0.2, 0.25) is 0 Å². The Balaban J connectivity index is 0.00000729. The van der Waals surface area contributed by atoms with Gasteiger partial charge >= 0.3 is 0 Å². The number of benzene rings is 1. The smallest absolute Gasteiger partial charge is 0.191 e. The summed E-state index contributed by atoms with van der Waals surface area (Å²) in [4.78, 5) is 6.79. The number of ether oxygens (including phenoxy) is 2. The molecule has 0 aromatic heterocycles. The quantitative estimate of drug-likeness (QED) is 0.257. The highest BCUT2D eigenvalue weighted by Crippen LogP contribution is 2.12. The predicted octanol–water partition coefficient (Wildman–Crippen LogP) is 3.12. The fourth-order valence-electron chi connectivity index (χ4n) is 2.43. The molecule has 2 atom stereocenters. The summed E-state index contributed by atoms with van der Waals surface area (Å²) < 4.78 is 24.5. The highest BCUT2D eigenvalue weighted by Gasteiger charge is 2.10. The van der Waals surface area contributed by atoms with Gasteiger partial charge in [0.1, 0.15) is 17.7 Å². The maximum Gasteiger partial charge on any atom is 0.191 e. The van der Waals surface area contributed by atoms with Crippen LogP contribution in [0, 0.1) is 5.82 Å². The van der Waals surface area contributed by atoms with Gasteiger partial charge in [0.15, 0.2) is 5.96 Å². The molecule has 0 amide bonds. The van der Waals surface area contributed by atoms with E-state index in [1.807, 2.05) is 20.8 Å². The van der Waals surface area contributed by atoms with Crippen molar-refractivity contribution in [3.8, 4) is 5.75 Å². The monoisotopic (exact) mass is 510 g/mol. The van der Waals surface area contributed by atoms with Crippen LogP contribution in [-0.4, -0.2) is 69.9 Å². The lowest BCUT2D eigenvalue weighted by atomic mass is 10.2. The summed E-state index contributed by atoms with van der Waals surface area (Å²) in [6.45, 7) is 9.60. The summed E-state index contributed by atoms with van der Waals surface area (Å²) in [5, 5.41) is 6.53. The Hall–Kier alpha value is -1.13. The van der Waals surface area contributed by atoms with E-state index < -0.39 is 0 Å². The van der Waals surface area contributed by atoms with Crippen molar-refractivity contribution in [1.82, 2.24) is 15.5 Å². The van der Waals surface area contributed by atoms with Gasteiger partial charge in [0.05, 0.1) is 19.2 Å². The van der Waals surface area contributed by atoms with Gasteiger partial charge in [-0.25, -0.2) is 4.39 Å². The highest BCUT2D eigenvalue weighted by atomic mass is 127. The molecule has 0 bridgehead atoms. The summed E-state index contributed by atoms with van der Waals surface area (Å²) in [6.07, 6.45) is 0.949. The van der Waals surface area contributed by atoms with Crippen molar-refractivity contribution in [2.24, 2.45) is 4.99 Å². The summed E-state index contributed by atoms with van der Waals surface area (Å²) in [5.74, 6) is 1.11. The molecule has 2 N–H and O–H groups in total. The number of hydrogen-bond acceptors (Lipinski definition) is 4. The first-order valence-corrected chi connectivity index (χ1v) is 9.65. The summed E-state index contributed by atoms with van der Waals surface area (Å²) in [5.41, 5.74) is 0. The van der Waals surface area contributed by atoms with E-state index in [1.54, 1.807) is 12.1 Å². The minimum Gasteiger partial charge on any atom is -0.489 e. The van der Waals surface area contributed by atoms with Crippen LogP contribution in [0.3, 0.4) is 0 Å². The molecule has 0 heterocycles. The van der Waals surface area contributed by atoms with Gasteiger partial charge in [-0.3, -0.25) is 4.99 Å². The van der Waals surface area contributed by atoms with Crippen molar-refractivity contribution in [2.75, 3.05) is 46.9 Å². The molecule has 2 unspecified atom stereocenters. The molecule has 1 aromatic carbocycles. The van der Waals surface area contributed by atoms with E-state index in [4.69, 9.17) is 9.47 Å². The Morgan fingerprint density at radius 1 is 1.18 bits per heavy atom. The second-order valence-corrected chi connectivity index (χ2v) is 6.65. The van der Waals surface area contributed by atoms with E-state index in [2.05, 4.69) is 34.6 Å². The van der Waals surface area contributed by atoms with Crippen molar-refractivity contribution >= 4 is 29.9 Å². The molecule has 6 nitrogen and oxygen atoms in total. The Labute approximate surface area is 186 Å². The average Bonchev–Trinajstić information content (AvgIpc) is 2.63. The molecule has 0 aliphatic heterocycles. The molecule has 0 aliphatic carbocycles. The second kappa shape index (κ2) is 15.8. The number of rotatable bonds is 12. The number of hydrogen-bond donors (Lipinski definition) is 2. The van der Waals surface area contributed by atoms with Gasteiger partial charge < -0.3 is 25.0 Å². The largest absolute Gasteiger partial charge is 0.489 e. The van der Waals surface area contributed by atoms with Crippen LogP contribution in [0.4, 0.5) is 4.39 Å². The van der Waals surface area contributed by atoms with Crippen molar-refractivity contribution in [3.63, 3.8) is 0 Å². The summed E-state index contributed by atoms with van der Waals surface area (Å²) >= 11 is 0. The number of halogens is 2. The third-order valence-electron chi connectivity index (χ3n) is 3.81. The summed E-state index contributed by atoms with van der Waals surface area (Å²) in [6, 6.07) is 6.04. The topological polar surface area (TPSA) is 58.1 Å². The zero-order valence-electron chi connectivity index (χ0n) is 17.7. The van der Waals surface area contributed by atoms with Gasteiger partial charge in [-0.2, -0.15) is 0 Å². The molecule has 8 heteroatoms. The van der Waals surface area contributed by atoms with Gasteiger partial charge in [-0.1, -0.05) is 0 Å². The zero-order valence-corrected chi connectivity index (χ0v) is 20.0. The molecule has 1 rings (SSSR count). The minimum absolute atomic E-state index is 0. The Bertz CT molecular complexity index is 544. The Morgan fingerprint density at radius 3 is 2.43 bits per heavy atom. The fraction of sp³-hybridized carbons (Fsp3) is 0.650. The van der Waals surface area contributed by atoms with Crippen molar-refractivity contribution in [2.45, 2.75) is 39.4 Å². The van der Waals surface area contributed by atoms with Crippen LogP contribution in [-0.2, 0) is 4.74 Å². The SMILES string of the molecule is CCNC(=NCC(CCN(C)C)OCC)NCC(C)Oc1ccc(F)cc1.I. The predicted molar refractivity (Wildman–Crippen MR) is 124 cm³/mol. The van der Waals surface area contributed by atoms with Crippen LogP contribution >= 0.6 is 24.0 Å². The van der Waals surface area contributed by atoms with Gasteiger partial charge in [0, 0.05) is 19.7 Å². The van der Waals surface area contributed by atoms with Crippen molar-refractivity contribution < 1.29 is 13.9 Å². The maximum atomic E-state index is 13.0. The van der Waals surface area contributed by atoms with Gasteiger partial charge in [0.2, 0.25) is 0 Å². The molecule has 162 valence electrons. The summed E-state index contributed by atoms with van der Waals surface area (Å²) in [7, 11) is 4.11. The standard InChI is InChI=1S/C20H35FN4O2.HI/c1-6-22-20(24-15-19(26-7-2)12-13-25(4)5)23-14-16(3)27-18-10-8-17(21)9-11-18;/h8-11,16,19H,6-7,12-15H2,1-5H3,(H2,22,23,24);1H. The van der Waals surface area contributed by atoms with E-state index >= 15 is 0 Å². The second-order valence-electron chi connectivity index (χ2n) is 6.65. The lowest BCUT2D eigenvalue weighted by Gasteiger charge is -2.20. The molecule has 0 fully saturated rings. The maximum absolute atomic E-state index is 13.0. The van der Waals surface area contributed by atoms with Crippen LogP contribution in [0.1, 0.15) is 27.2 Å². The lowest BCUT2D eigenvalue weighted by Crippen LogP contribution is -2.42. The molecule has 0 saturated heterocycles. The molecule has 1 aromatic rings. The molecular weight excluding hydrogens is 474 g/mol. The Morgan fingerprint density at radius 2 is 1.86 bits per heavy atom. The van der Waals surface area contributed by atoms with Crippen LogP contribution in [0.15, 0.2) is 29.3 Å². The molecule has 0 radical (unpaired) electrons. The van der Waals surface area contributed by atoms with Gasteiger partial charge in [0.25, 0.3) is 0 Å². The molecular formula is C20H36FIN4O2. The van der Waals surface area contributed by atoms with E-state index in [1.165, 1.54) is 12.1 Å². The van der Waals surface area contributed by atoms with E-state index in [0.29, 0.717) is 25.4 Å².